The lowest BCUT2D eigenvalue weighted by Crippen LogP contribution is -2.12. The molecule has 2 N–H and O–H groups in total. The summed E-state index contributed by atoms with van der Waals surface area (Å²) in [5.41, 5.74) is 2.02. The van der Waals surface area contributed by atoms with E-state index in [1.165, 1.54) is 23.5 Å². The van der Waals surface area contributed by atoms with Crippen LogP contribution in [0.4, 0.5) is 5.69 Å². The number of rotatable bonds is 3. The van der Waals surface area contributed by atoms with Gasteiger partial charge >= 0.3 is 5.97 Å². The first-order chi connectivity index (χ1) is 9.38. The molecule has 104 valence electrons. The largest absolute Gasteiger partial charge is 0.478 e. The van der Waals surface area contributed by atoms with Crippen molar-refractivity contribution in [3.8, 4) is 0 Å². The van der Waals surface area contributed by atoms with Crippen molar-refractivity contribution >= 4 is 60.8 Å². The Balaban J connectivity index is 2.24. The number of nitrogens with one attached hydrogen (secondary N) is 1. The highest BCUT2D eigenvalue weighted by Crippen LogP contribution is 2.32. The number of benzene rings is 1. The number of aryl methyl sites for hydroxylation is 1. The molecule has 1 heterocycles. The third-order valence-corrected chi connectivity index (χ3v) is 4.96. The van der Waals surface area contributed by atoms with E-state index in [9.17, 15) is 9.59 Å². The summed E-state index contributed by atoms with van der Waals surface area (Å²) in [4.78, 5) is 23.0. The second kappa shape index (κ2) is 6.07. The quantitative estimate of drug-likeness (QED) is 0.769. The van der Waals surface area contributed by atoms with Gasteiger partial charge in [-0.05, 0) is 68.6 Å². The van der Waals surface area contributed by atoms with Gasteiger partial charge < -0.3 is 10.4 Å². The van der Waals surface area contributed by atoms with Crippen molar-refractivity contribution in [3.63, 3.8) is 0 Å². The summed E-state index contributed by atoms with van der Waals surface area (Å²) in [6, 6.07) is 6.30. The molecule has 0 fully saturated rings. The number of carbonyl (C=O) groups is 2. The number of anilines is 1. The van der Waals surface area contributed by atoms with Crippen LogP contribution in [0.25, 0.3) is 0 Å². The molecule has 4 nitrogen and oxygen atoms in total. The second-order valence-electron chi connectivity index (χ2n) is 4.03. The van der Waals surface area contributed by atoms with Crippen LogP contribution in [0.1, 0.15) is 26.3 Å². The normalized spacial score (nSPS) is 10.3. The lowest BCUT2D eigenvalue weighted by atomic mass is 10.1. The third-order valence-electron chi connectivity index (χ3n) is 2.62. The van der Waals surface area contributed by atoms with Crippen molar-refractivity contribution in [1.29, 1.82) is 0 Å². The third kappa shape index (κ3) is 3.28. The van der Waals surface area contributed by atoms with Crippen LogP contribution in [0.2, 0.25) is 0 Å². The molecule has 0 saturated heterocycles. The van der Waals surface area contributed by atoms with E-state index >= 15 is 0 Å². The number of thiophene rings is 1. The predicted molar refractivity (Wildman–Crippen MR) is 85.8 cm³/mol. The monoisotopic (exact) mass is 417 g/mol. The first kappa shape index (κ1) is 15.2. The summed E-state index contributed by atoms with van der Waals surface area (Å²) in [6.07, 6.45) is 0. The molecule has 0 unspecified atom stereocenters. The van der Waals surface area contributed by atoms with E-state index in [1.807, 2.05) is 0 Å². The zero-order valence-electron chi connectivity index (χ0n) is 10.2. The minimum absolute atomic E-state index is 0.194. The SMILES string of the molecule is Cc1cc(C(=O)O)ccc1NC(=O)c1cc(Br)sc1Br. The van der Waals surface area contributed by atoms with Gasteiger partial charge in [-0.3, -0.25) is 4.79 Å². The minimum atomic E-state index is -0.990. The first-order valence-electron chi connectivity index (χ1n) is 5.48. The molecule has 0 aliphatic heterocycles. The average Bonchev–Trinajstić information content (AvgIpc) is 2.70. The van der Waals surface area contributed by atoms with E-state index in [4.69, 9.17) is 5.11 Å². The van der Waals surface area contributed by atoms with Crippen molar-refractivity contribution in [2.24, 2.45) is 0 Å². The fraction of sp³-hybridized carbons (Fsp3) is 0.0769. The molecule has 1 aromatic heterocycles. The van der Waals surface area contributed by atoms with Crippen LogP contribution in [0.5, 0.6) is 0 Å². The maximum Gasteiger partial charge on any atom is 0.335 e. The highest BCUT2D eigenvalue weighted by atomic mass is 79.9. The van der Waals surface area contributed by atoms with Gasteiger partial charge in [0.1, 0.15) is 0 Å². The molecule has 2 aromatic rings. The minimum Gasteiger partial charge on any atom is -0.478 e. The highest BCUT2D eigenvalue weighted by Gasteiger charge is 2.15. The van der Waals surface area contributed by atoms with Crippen molar-refractivity contribution in [2.45, 2.75) is 6.92 Å². The van der Waals surface area contributed by atoms with Crippen molar-refractivity contribution < 1.29 is 14.7 Å². The number of aromatic carboxylic acids is 1. The molecule has 7 heteroatoms. The Labute approximate surface area is 136 Å². The van der Waals surface area contributed by atoms with Gasteiger partial charge in [-0.1, -0.05) is 0 Å². The van der Waals surface area contributed by atoms with Crippen LogP contribution >= 0.6 is 43.2 Å². The molecule has 0 radical (unpaired) electrons. The van der Waals surface area contributed by atoms with E-state index in [1.54, 1.807) is 19.1 Å². The maximum absolute atomic E-state index is 12.1. The molecule has 0 aliphatic carbocycles. The van der Waals surface area contributed by atoms with Crippen molar-refractivity contribution in [3.05, 3.63) is 48.5 Å². The lowest BCUT2D eigenvalue weighted by molar-refractivity contribution is 0.0696. The number of carboxylic acid groups (broad SMARTS) is 1. The Bertz CT molecular complexity index is 697. The smallest absolute Gasteiger partial charge is 0.335 e. The fourth-order valence-corrected chi connectivity index (χ4v) is 4.42. The molecular formula is C13H9Br2NO3S. The Kier molecular flexibility index (Phi) is 4.62. The zero-order valence-corrected chi connectivity index (χ0v) is 14.2. The number of hydrogen-bond donors (Lipinski definition) is 2. The van der Waals surface area contributed by atoms with E-state index in [0.29, 0.717) is 16.8 Å². The van der Waals surface area contributed by atoms with Gasteiger partial charge in [0.05, 0.1) is 18.7 Å². The molecule has 0 atom stereocenters. The highest BCUT2D eigenvalue weighted by molar-refractivity contribution is 9.12. The summed E-state index contributed by atoms with van der Waals surface area (Å²) in [6.45, 7) is 1.75. The topological polar surface area (TPSA) is 66.4 Å². The van der Waals surface area contributed by atoms with Gasteiger partial charge in [0.25, 0.3) is 5.91 Å². The molecule has 1 amide bonds. The van der Waals surface area contributed by atoms with Gasteiger partial charge in [0.15, 0.2) is 0 Å². The average molecular weight is 419 g/mol. The Morgan fingerprint density at radius 3 is 2.45 bits per heavy atom. The first-order valence-corrected chi connectivity index (χ1v) is 7.89. The molecule has 20 heavy (non-hydrogen) atoms. The van der Waals surface area contributed by atoms with Crippen LogP contribution in [0.3, 0.4) is 0 Å². The number of amides is 1. The van der Waals surface area contributed by atoms with Crippen LogP contribution in [-0.4, -0.2) is 17.0 Å². The number of carbonyl (C=O) groups excluding carboxylic acids is 1. The van der Waals surface area contributed by atoms with Crippen molar-refractivity contribution in [2.75, 3.05) is 5.32 Å². The van der Waals surface area contributed by atoms with E-state index in [0.717, 1.165) is 7.57 Å². The molecule has 0 bridgehead atoms. The van der Waals surface area contributed by atoms with Gasteiger partial charge in [-0.15, -0.1) is 11.3 Å². The van der Waals surface area contributed by atoms with E-state index in [2.05, 4.69) is 37.2 Å². The molecule has 0 spiro atoms. The van der Waals surface area contributed by atoms with Crippen LogP contribution in [0.15, 0.2) is 31.8 Å². The van der Waals surface area contributed by atoms with Crippen LogP contribution < -0.4 is 5.32 Å². The predicted octanol–water partition coefficient (Wildman–Crippen LogP) is 4.53. The molecule has 0 aliphatic rings. The second-order valence-corrected chi connectivity index (χ2v) is 7.78. The molecule has 1 aromatic carbocycles. The van der Waals surface area contributed by atoms with E-state index < -0.39 is 5.97 Å². The molecule has 2 rings (SSSR count). The number of halogens is 2. The van der Waals surface area contributed by atoms with E-state index in [-0.39, 0.29) is 11.5 Å². The summed E-state index contributed by atoms with van der Waals surface area (Å²) in [5.74, 6) is -1.24. The van der Waals surface area contributed by atoms with Crippen LogP contribution in [-0.2, 0) is 0 Å². The standard InChI is InChI=1S/C13H9Br2NO3S/c1-6-4-7(13(18)19)2-3-9(6)16-12(17)8-5-10(14)20-11(8)15/h2-5H,1H3,(H,16,17)(H,18,19). The van der Waals surface area contributed by atoms with Gasteiger partial charge in [-0.25, -0.2) is 4.79 Å². The zero-order chi connectivity index (χ0) is 14.9. The summed E-state index contributed by atoms with van der Waals surface area (Å²) < 4.78 is 1.59. The molecule has 0 saturated carbocycles. The maximum atomic E-state index is 12.1. The Morgan fingerprint density at radius 2 is 1.95 bits per heavy atom. The molecular weight excluding hydrogens is 410 g/mol. The Morgan fingerprint density at radius 1 is 1.25 bits per heavy atom. The number of hydrogen-bond acceptors (Lipinski definition) is 3. The summed E-state index contributed by atoms with van der Waals surface area (Å²) >= 11 is 8.06. The van der Waals surface area contributed by atoms with Gasteiger partial charge in [0.2, 0.25) is 0 Å². The number of carboxylic acids is 1. The van der Waals surface area contributed by atoms with Crippen molar-refractivity contribution in [1.82, 2.24) is 0 Å². The summed E-state index contributed by atoms with van der Waals surface area (Å²) in [5, 5.41) is 11.7. The summed E-state index contributed by atoms with van der Waals surface area (Å²) in [7, 11) is 0. The fourth-order valence-electron chi connectivity index (χ4n) is 1.62. The Hall–Kier alpha value is -1.18. The lowest BCUT2D eigenvalue weighted by Gasteiger charge is -2.08. The van der Waals surface area contributed by atoms with Crippen LogP contribution in [0, 0.1) is 6.92 Å². The van der Waals surface area contributed by atoms with Gasteiger partial charge in [0, 0.05) is 5.69 Å². The van der Waals surface area contributed by atoms with Gasteiger partial charge in [-0.2, -0.15) is 0 Å².